The monoisotopic (exact) mass is 455 g/mol. The summed E-state index contributed by atoms with van der Waals surface area (Å²) in [6.07, 6.45) is 3.18. The van der Waals surface area contributed by atoms with Crippen molar-refractivity contribution in [3.8, 4) is 22.4 Å². The van der Waals surface area contributed by atoms with Crippen molar-refractivity contribution in [2.45, 2.75) is 33.0 Å². The van der Waals surface area contributed by atoms with Crippen molar-refractivity contribution in [1.29, 1.82) is 0 Å². The van der Waals surface area contributed by atoms with Gasteiger partial charge in [0.15, 0.2) is 11.5 Å². The molecule has 0 amide bonds. The highest BCUT2D eigenvalue weighted by Crippen LogP contribution is 2.38. The molecule has 0 spiro atoms. The first kappa shape index (κ1) is 22.3. The van der Waals surface area contributed by atoms with E-state index >= 15 is 0 Å². The number of carbonyl (C=O) groups excluding carboxylic acids is 1. The second-order valence-electron chi connectivity index (χ2n) is 7.61. The highest BCUT2D eigenvalue weighted by Gasteiger charge is 2.38. The average Bonchev–Trinajstić information content (AvgIpc) is 3.28. The van der Waals surface area contributed by atoms with Crippen LogP contribution in [0.2, 0.25) is 0 Å². The van der Waals surface area contributed by atoms with Crippen molar-refractivity contribution in [1.82, 2.24) is 34.5 Å². The van der Waals surface area contributed by atoms with Gasteiger partial charge >= 0.3 is 6.18 Å². The summed E-state index contributed by atoms with van der Waals surface area (Å²) >= 11 is 0. The molecule has 170 valence electrons. The normalized spacial score (nSPS) is 11.7. The Morgan fingerprint density at radius 3 is 2.48 bits per heavy atom. The van der Waals surface area contributed by atoms with Gasteiger partial charge in [-0.1, -0.05) is 0 Å². The number of alkyl halides is 3. The van der Waals surface area contributed by atoms with Gasteiger partial charge in [-0.05, 0) is 26.0 Å². The molecular formula is C22H20F3N7O. The molecular weight excluding hydrogens is 435 g/mol. The predicted molar refractivity (Wildman–Crippen MR) is 113 cm³/mol. The number of hydrogen-bond acceptors (Lipinski definition) is 6. The van der Waals surface area contributed by atoms with E-state index in [9.17, 15) is 18.0 Å². The van der Waals surface area contributed by atoms with Crippen molar-refractivity contribution in [2.24, 2.45) is 7.05 Å². The summed E-state index contributed by atoms with van der Waals surface area (Å²) in [6.45, 7) is 3.18. The Hall–Kier alpha value is -3.89. The van der Waals surface area contributed by atoms with Gasteiger partial charge in [-0.15, -0.1) is 0 Å². The second-order valence-corrected chi connectivity index (χ2v) is 7.61. The average molecular weight is 455 g/mol. The molecule has 33 heavy (non-hydrogen) atoms. The Morgan fingerprint density at radius 1 is 1.06 bits per heavy atom. The van der Waals surface area contributed by atoms with Crippen LogP contribution >= 0.6 is 0 Å². The summed E-state index contributed by atoms with van der Waals surface area (Å²) in [5.74, 6) is -0.172. The zero-order chi connectivity index (χ0) is 23.8. The Labute approximate surface area is 187 Å². The molecule has 4 aromatic rings. The predicted octanol–water partition coefficient (Wildman–Crippen LogP) is 3.58. The summed E-state index contributed by atoms with van der Waals surface area (Å²) in [4.78, 5) is 25.2. The molecule has 0 saturated carbocycles. The van der Waals surface area contributed by atoms with Crippen LogP contribution in [0.3, 0.4) is 0 Å². The maximum absolute atomic E-state index is 13.4. The van der Waals surface area contributed by atoms with Crippen molar-refractivity contribution < 1.29 is 18.0 Å². The molecule has 0 saturated heterocycles. The summed E-state index contributed by atoms with van der Waals surface area (Å²) in [5.41, 5.74) is 2.17. The highest BCUT2D eigenvalue weighted by atomic mass is 19.4. The van der Waals surface area contributed by atoms with Crippen LogP contribution in [0.4, 0.5) is 13.2 Å². The fourth-order valence-electron chi connectivity index (χ4n) is 3.68. The smallest absolute Gasteiger partial charge is 0.297 e. The molecule has 0 bridgehead atoms. The van der Waals surface area contributed by atoms with Crippen LogP contribution in [0.15, 0.2) is 43.1 Å². The molecule has 0 atom stereocenters. The van der Waals surface area contributed by atoms with Gasteiger partial charge in [-0.25, -0.2) is 0 Å². The zero-order valence-corrected chi connectivity index (χ0v) is 18.1. The Morgan fingerprint density at radius 2 is 1.85 bits per heavy atom. The van der Waals surface area contributed by atoms with Gasteiger partial charge in [0.05, 0.1) is 24.0 Å². The molecule has 4 heterocycles. The summed E-state index contributed by atoms with van der Waals surface area (Å²) in [6, 6.07) is 3.54. The number of pyridine rings is 1. The number of hydrogen-bond donors (Lipinski definition) is 0. The zero-order valence-electron chi connectivity index (χ0n) is 18.1. The summed E-state index contributed by atoms with van der Waals surface area (Å²) in [7, 11) is 1.43. The minimum absolute atomic E-state index is 0.0556. The largest absolute Gasteiger partial charge is 0.435 e. The summed E-state index contributed by atoms with van der Waals surface area (Å²) in [5, 5.41) is 7.88. The number of Topliss-reactive ketones (excluding diaryl/α,β-unsaturated/α-hetero) is 1. The Kier molecular flexibility index (Phi) is 5.79. The third-order valence-electron chi connectivity index (χ3n) is 5.14. The molecule has 0 aromatic carbocycles. The first-order valence-corrected chi connectivity index (χ1v) is 10.0. The molecule has 4 aromatic heterocycles. The van der Waals surface area contributed by atoms with Crippen LogP contribution in [0.25, 0.3) is 22.4 Å². The van der Waals surface area contributed by atoms with Crippen LogP contribution in [-0.2, 0) is 31.0 Å². The van der Waals surface area contributed by atoms with Crippen molar-refractivity contribution in [3.63, 3.8) is 0 Å². The Bertz CT molecular complexity index is 1290. The number of nitrogens with zero attached hydrogens (tertiary/aromatic N) is 7. The number of aromatic nitrogens is 7. The maximum Gasteiger partial charge on any atom is 0.435 e. The standard InChI is InChI=1S/C22H20F3N7O/c1-13-20(18-12-31(3)30-21(18)22(23,24)25)14(2)32(29-13)11-17(33)8-16-5-4-15(9-28-16)19-10-26-6-7-27-19/h4-7,9-10,12H,8,11H2,1-3H3. The van der Waals surface area contributed by atoms with E-state index in [1.807, 2.05) is 6.07 Å². The quantitative estimate of drug-likeness (QED) is 0.441. The third-order valence-corrected chi connectivity index (χ3v) is 5.14. The molecule has 0 fully saturated rings. The number of carbonyl (C=O) groups is 1. The van der Waals surface area contributed by atoms with Crippen LogP contribution in [-0.4, -0.2) is 40.3 Å². The second kappa shape index (κ2) is 8.57. The number of aryl methyl sites for hydroxylation is 2. The number of halogens is 3. The van der Waals surface area contributed by atoms with Crippen LogP contribution in [0, 0.1) is 13.8 Å². The minimum atomic E-state index is -4.60. The lowest BCUT2D eigenvalue weighted by Crippen LogP contribution is -2.15. The SMILES string of the molecule is Cc1nn(CC(=O)Cc2ccc(-c3cnccn3)cn2)c(C)c1-c1cn(C)nc1C(F)(F)F. The highest BCUT2D eigenvalue weighted by molar-refractivity contribution is 5.81. The summed E-state index contributed by atoms with van der Waals surface area (Å²) < 4.78 is 42.9. The van der Waals surface area contributed by atoms with Gasteiger partial charge in [0.1, 0.15) is 6.54 Å². The van der Waals surface area contributed by atoms with Gasteiger partial charge in [0.25, 0.3) is 0 Å². The van der Waals surface area contributed by atoms with E-state index in [0.29, 0.717) is 28.3 Å². The fourth-order valence-corrected chi connectivity index (χ4v) is 3.68. The van der Waals surface area contributed by atoms with Gasteiger partial charge in [-0.2, -0.15) is 23.4 Å². The van der Waals surface area contributed by atoms with Gasteiger partial charge in [-0.3, -0.25) is 29.1 Å². The molecule has 4 rings (SSSR count). The van der Waals surface area contributed by atoms with Crippen LogP contribution in [0.1, 0.15) is 22.8 Å². The molecule has 0 aliphatic rings. The maximum atomic E-state index is 13.4. The lowest BCUT2D eigenvalue weighted by atomic mass is 10.0. The van der Waals surface area contributed by atoms with E-state index < -0.39 is 11.9 Å². The van der Waals surface area contributed by atoms with Crippen LogP contribution in [0.5, 0.6) is 0 Å². The lowest BCUT2D eigenvalue weighted by molar-refractivity contribution is -0.141. The van der Waals surface area contributed by atoms with Gasteiger partial charge < -0.3 is 0 Å². The topological polar surface area (TPSA) is 91.4 Å². The van der Waals surface area contributed by atoms with E-state index in [4.69, 9.17) is 0 Å². The number of ketones is 1. The van der Waals surface area contributed by atoms with Crippen molar-refractivity contribution in [3.05, 3.63) is 65.9 Å². The molecule has 11 heteroatoms. The van der Waals surface area contributed by atoms with E-state index in [1.165, 1.54) is 17.9 Å². The number of rotatable bonds is 6. The minimum Gasteiger partial charge on any atom is -0.297 e. The Balaban J connectivity index is 1.52. The fraction of sp³-hybridized carbons (Fsp3) is 0.273. The van der Waals surface area contributed by atoms with Crippen LogP contribution < -0.4 is 0 Å². The van der Waals surface area contributed by atoms with E-state index in [-0.39, 0.29) is 24.3 Å². The van der Waals surface area contributed by atoms with Crippen molar-refractivity contribution in [2.75, 3.05) is 0 Å². The molecule has 0 N–H and O–H groups in total. The lowest BCUT2D eigenvalue weighted by Gasteiger charge is -2.08. The molecule has 0 aliphatic heterocycles. The van der Waals surface area contributed by atoms with E-state index in [0.717, 1.165) is 10.2 Å². The van der Waals surface area contributed by atoms with Gasteiger partial charge in [0, 0.05) is 59.9 Å². The third kappa shape index (κ3) is 4.66. The van der Waals surface area contributed by atoms with Crippen molar-refractivity contribution >= 4 is 5.78 Å². The molecule has 0 aliphatic carbocycles. The first-order chi connectivity index (χ1) is 15.6. The molecule has 8 nitrogen and oxygen atoms in total. The first-order valence-electron chi connectivity index (χ1n) is 10.0. The van der Waals surface area contributed by atoms with E-state index in [2.05, 4.69) is 25.1 Å². The molecule has 0 radical (unpaired) electrons. The molecule has 0 unspecified atom stereocenters. The van der Waals surface area contributed by atoms with Gasteiger partial charge in [0.2, 0.25) is 0 Å². The van der Waals surface area contributed by atoms with E-state index in [1.54, 1.807) is 44.7 Å².